The van der Waals surface area contributed by atoms with Crippen LogP contribution in [0.15, 0.2) is 53.8 Å². The van der Waals surface area contributed by atoms with Crippen molar-refractivity contribution in [2.75, 3.05) is 0 Å². The predicted molar refractivity (Wildman–Crippen MR) is 91.2 cm³/mol. The molecular weight excluding hydrogens is 328 g/mol. The number of benzene rings is 1. The molecule has 0 bridgehead atoms. The maximum absolute atomic E-state index is 9.35. The Balaban J connectivity index is 1.83. The second-order valence-corrected chi connectivity index (χ2v) is 5.64. The number of hydrogen-bond acceptors (Lipinski definition) is 5. The Morgan fingerprint density at radius 1 is 1.17 bits per heavy atom. The standard InChI is InChI=1S/C17H15ClN4O2/c1-11-9-12(2)22(20-11)17(21-23)13-3-8-16(19-10-13)24-15-6-4-14(18)5-7-15/h3-10,23H,1-2H3/b21-17-. The van der Waals surface area contributed by atoms with Crippen LogP contribution in [0, 0.1) is 13.8 Å². The lowest BCUT2D eigenvalue weighted by molar-refractivity contribution is 0.316. The van der Waals surface area contributed by atoms with Crippen molar-refractivity contribution in [3.8, 4) is 11.6 Å². The first-order valence-electron chi connectivity index (χ1n) is 7.22. The van der Waals surface area contributed by atoms with E-state index >= 15 is 0 Å². The predicted octanol–water partition coefficient (Wildman–Crippen LogP) is 4.02. The van der Waals surface area contributed by atoms with E-state index in [4.69, 9.17) is 16.3 Å². The van der Waals surface area contributed by atoms with E-state index in [1.807, 2.05) is 19.9 Å². The average Bonchev–Trinajstić information content (AvgIpc) is 2.90. The van der Waals surface area contributed by atoms with E-state index in [0.29, 0.717) is 28.1 Å². The molecule has 0 amide bonds. The van der Waals surface area contributed by atoms with Crippen molar-refractivity contribution in [2.45, 2.75) is 13.8 Å². The molecule has 6 nitrogen and oxygen atoms in total. The van der Waals surface area contributed by atoms with Gasteiger partial charge in [0.1, 0.15) is 5.75 Å². The molecule has 1 aromatic carbocycles. The van der Waals surface area contributed by atoms with Crippen LogP contribution < -0.4 is 4.74 Å². The largest absolute Gasteiger partial charge is 0.439 e. The first-order chi connectivity index (χ1) is 11.6. The van der Waals surface area contributed by atoms with Crippen LogP contribution in [-0.4, -0.2) is 25.8 Å². The Morgan fingerprint density at radius 2 is 1.92 bits per heavy atom. The van der Waals surface area contributed by atoms with Gasteiger partial charge in [-0.15, -0.1) is 0 Å². The van der Waals surface area contributed by atoms with Crippen molar-refractivity contribution in [2.24, 2.45) is 5.16 Å². The Kier molecular flexibility index (Phi) is 4.48. The van der Waals surface area contributed by atoms with Crippen molar-refractivity contribution in [1.82, 2.24) is 14.8 Å². The van der Waals surface area contributed by atoms with Gasteiger partial charge in [0.05, 0.1) is 5.69 Å². The number of aryl methyl sites for hydroxylation is 2. The number of halogens is 1. The minimum atomic E-state index is 0.297. The molecule has 1 N–H and O–H groups in total. The highest BCUT2D eigenvalue weighted by molar-refractivity contribution is 6.30. The molecule has 0 unspecified atom stereocenters. The van der Waals surface area contributed by atoms with Crippen LogP contribution >= 0.6 is 11.6 Å². The van der Waals surface area contributed by atoms with Gasteiger partial charge in [-0.25, -0.2) is 9.67 Å². The monoisotopic (exact) mass is 342 g/mol. The van der Waals surface area contributed by atoms with Gasteiger partial charge in [-0.1, -0.05) is 16.8 Å². The van der Waals surface area contributed by atoms with E-state index < -0.39 is 0 Å². The summed E-state index contributed by atoms with van der Waals surface area (Å²) in [5.41, 5.74) is 2.32. The quantitative estimate of drug-likeness (QED) is 0.337. The summed E-state index contributed by atoms with van der Waals surface area (Å²) in [6, 6.07) is 12.3. The van der Waals surface area contributed by atoms with Gasteiger partial charge in [-0.05, 0) is 50.2 Å². The maximum Gasteiger partial charge on any atom is 0.219 e. The lowest BCUT2D eigenvalue weighted by atomic mass is 10.2. The molecule has 7 heteroatoms. The lowest BCUT2D eigenvalue weighted by Gasteiger charge is -2.08. The van der Waals surface area contributed by atoms with E-state index in [0.717, 1.165) is 11.4 Å². The van der Waals surface area contributed by atoms with Gasteiger partial charge in [0, 0.05) is 28.5 Å². The number of aromatic nitrogens is 3. The number of nitrogens with zero attached hydrogens (tertiary/aromatic N) is 4. The molecule has 0 aliphatic carbocycles. The summed E-state index contributed by atoms with van der Waals surface area (Å²) in [6.45, 7) is 3.76. The van der Waals surface area contributed by atoms with Crippen molar-refractivity contribution >= 4 is 17.4 Å². The third kappa shape index (κ3) is 3.38. The van der Waals surface area contributed by atoms with Gasteiger partial charge in [0.15, 0.2) is 0 Å². The fourth-order valence-electron chi connectivity index (χ4n) is 2.26. The first-order valence-corrected chi connectivity index (χ1v) is 7.60. The van der Waals surface area contributed by atoms with Gasteiger partial charge in [-0.3, -0.25) is 0 Å². The summed E-state index contributed by atoms with van der Waals surface area (Å²) in [6.07, 6.45) is 1.57. The van der Waals surface area contributed by atoms with E-state index in [-0.39, 0.29) is 0 Å². The molecule has 0 saturated heterocycles. The third-order valence-electron chi connectivity index (χ3n) is 3.34. The Labute approximate surface area is 144 Å². The third-order valence-corrected chi connectivity index (χ3v) is 3.59. The Hall–Kier alpha value is -2.86. The zero-order valence-corrected chi connectivity index (χ0v) is 13.9. The van der Waals surface area contributed by atoms with Gasteiger partial charge in [-0.2, -0.15) is 5.10 Å². The molecule has 2 aromatic heterocycles. The molecule has 2 heterocycles. The minimum Gasteiger partial charge on any atom is -0.439 e. The van der Waals surface area contributed by atoms with E-state index in [1.54, 1.807) is 47.3 Å². The molecule has 3 aromatic rings. The van der Waals surface area contributed by atoms with E-state index in [9.17, 15) is 5.21 Å². The van der Waals surface area contributed by atoms with Crippen LogP contribution in [-0.2, 0) is 0 Å². The molecule has 24 heavy (non-hydrogen) atoms. The van der Waals surface area contributed by atoms with Gasteiger partial charge < -0.3 is 9.94 Å². The van der Waals surface area contributed by atoms with Gasteiger partial charge >= 0.3 is 0 Å². The van der Waals surface area contributed by atoms with Crippen molar-refractivity contribution in [3.05, 3.63) is 70.6 Å². The van der Waals surface area contributed by atoms with Crippen LogP contribution in [0.4, 0.5) is 0 Å². The normalized spacial score (nSPS) is 11.5. The Bertz CT molecular complexity index is 871. The van der Waals surface area contributed by atoms with E-state index in [2.05, 4.69) is 15.2 Å². The molecule has 122 valence electrons. The highest BCUT2D eigenvalue weighted by Crippen LogP contribution is 2.21. The van der Waals surface area contributed by atoms with Crippen molar-refractivity contribution in [3.63, 3.8) is 0 Å². The number of ether oxygens (including phenoxy) is 1. The highest BCUT2D eigenvalue weighted by atomic mass is 35.5. The van der Waals surface area contributed by atoms with Crippen LogP contribution in [0.25, 0.3) is 0 Å². The summed E-state index contributed by atoms with van der Waals surface area (Å²) in [5.74, 6) is 1.35. The molecule has 0 aliphatic heterocycles. The van der Waals surface area contributed by atoms with Crippen molar-refractivity contribution in [1.29, 1.82) is 0 Å². The van der Waals surface area contributed by atoms with Crippen LogP contribution in [0.3, 0.4) is 0 Å². The summed E-state index contributed by atoms with van der Waals surface area (Å²) >= 11 is 5.84. The summed E-state index contributed by atoms with van der Waals surface area (Å²) in [4.78, 5) is 4.24. The minimum absolute atomic E-state index is 0.297. The molecule has 0 aliphatic rings. The molecule has 3 rings (SSSR count). The molecular formula is C17H15ClN4O2. The number of pyridine rings is 1. The molecule has 0 spiro atoms. The second-order valence-electron chi connectivity index (χ2n) is 5.20. The fourth-order valence-corrected chi connectivity index (χ4v) is 2.39. The maximum atomic E-state index is 9.35. The first kappa shape index (κ1) is 16.0. The van der Waals surface area contributed by atoms with Crippen LogP contribution in [0.2, 0.25) is 5.02 Å². The summed E-state index contributed by atoms with van der Waals surface area (Å²) in [5, 5.41) is 17.6. The topological polar surface area (TPSA) is 72.5 Å². The van der Waals surface area contributed by atoms with Crippen LogP contribution in [0.5, 0.6) is 11.6 Å². The van der Waals surface area contributed by atoms with Gasteiger partial charge in [0.2, 0.25) is 11.7 Å². The second kappa shape index (κ2) is 6.72. The smallest absolute Gasteiger partial charge is 0.219 e. The summed E-state index contributed by atoms with van der Waals surface area (Å²) in [7, 11) is 0. The molecule has 0 fully saturated rings. The van der Waals surface area contributed by atoms with Crippen LogP contribution in [0.1, 0.15) is 17.0 Å². The number of hydrogen-bond donors (Lipinski definition) is 1. The number of oxime groups is 1. The summed E-state index contributed by atoms with van der Waals surface area (Å²) < 4.78 is 7.20. The van der Waals surface area contributed by atoms with Crippen molar-refractivity contribution < 1.29 is 9.94 Å². The Morgan fingerprint density at radius 3 is 2.46 bits per heavy atom. The SMILES string of the molecule is Cc1cc(C)n(/C(=N\O)c2ccc(Oc3ccc(Cl)cc3)nc2)n1. The fraction of sp³-hybridized carbons (Fsp3) is 0.118. The highest BCUT2D eigenvalue weighted by Gasteiger charge is 2.12. The molecule has 0 atom stereocenters. The zero-order valence-electron chi connectivity index (χ0n) is 13.1. The molecule has 0 saturated carbocycles. The zero-order chi connectivity index (χ0) is 17.1. The lowest BCUT2D eigenvalue weighted by Crippen LogP contribution is -2.17. The number of rotatable bonds is 3. The van der Waals surface area contributed by atoms with Gasteiger partial charge in [0.25, 0.3) is 0 Å². The average molecular weight is 343 g/mol. The molecule has 0 radical (unpaired) electrons. The van der Waals surface area contributed by atoms with E-state index in [1.165, 1.54) is 0 Å².